The van der Waals surface area contributed by atoms with E-state index in [1.54, 1.807) is 12.1 Å². The molecule has 2 heterocycles. The van der Waals surface area contributed by atoms with Crippen molar-refractivity contribution in [3.8, 4) is 0 Å². The average Bonchev–Trinajstić information content (AvgIpc) is 2.75. The van der Waals surface area contributed by atoms with Gasteiger partial charge in [-0.1, -0.05) is 24.3 Å². The third-order valence-electron chi connectivity index (χ3n) is 5.68. The molecule has 3 amide bonds. The standard InChI is InChI=1S/C23H27N3O4/c1-16(15-25-11-13-30-14-12-25)24-20(27)9-4-10-26-22(28)18-7-2-5-17-6-3-8-19(21(17)18)23(26)29/h2-3,5-8,16H,4,9-15H2,1H3,(H,24,27). The van der Waals surface area contributed by atoms with E-state index in [4.69, 9.17) is 4.74 Å². The number of hydrogen-bond donors (Lipinski definition) is 1. The number of ether oxygens (including phenoxy) is 1. The fourth-order valence-electron chi connectivity index (χ4n) is 4.24. The van der Waals surface area contributed by atoms with Gasteiger partial charge >= 0.3 is 0 Å². The number of benzene rings is 2. The molecule has 7 nitrogen and oxygen atoms in total. The summed E-state index contributed by atoms with van der Waals surface area (Å²) >= 11 is 0. The number of carbonyl (C=O) groups is 3. The molecule has 0 radical (unpaired) electrons. The van der Waals surface area contributed by atoms with Gasteiger partial charge in [-0.2, -0.15) is 0 Å². The second-order valence-electron chi connectivity index (χ2n) is 7.96. The molecule has 0 spiro atoms. The van der Waals surface area contributed by atoms with Crippen LogP contribution in [0.25, 0.3) is 10.8 Å². The van der Waals surface area contributed by atoms with Gasteiger partial charge in [-0.3, -0.25) is 24.2 Å². The van der Waals surface area contributed by atoms with Crippen LogP contribution in [0.1, 0.15) is 40.5 Å². The van der Waals surface area contributed by atoms with Gasteiger partial charge in [0, 0.05) is 55.2 Å². The summed E-state index contributed by atoms with van der Waals surface area (Å²) in [4.78, 5) is 41.6. The number of nitrogens with zero attached hydrogens (tertiary/aromatic N) is 2. The van der Waals surface area contributed by atoms with Gasteiger partial charge in [-0.15, -0.1) is 0 Å². The first kappa shape index (κ1) is 20.5. The van der Waals surface area contributed by atoms with Gasteiger partial charge in [0.1, 0.15) is 0 Å². The molecule has 1 fully saturated rings. The summed E-state index contributed by atoms with van der Waals surface area (Å²) in [6.45, 7) is 6.24. The van der Waals surface area contributed by atoms with Crippen molar-refractivity contribution in [3.05, 3.63) is 47.5 Å². The molecule has 0 saturated carbocycles. The van der Waals surface area contributed by atoms with Gasteiger partial charge in [0.2, 0.25) is 5.91 Å². The third-order valence-corrected chi connectivity index (χ3v) is 5.68. The molecule has 4 rings (SSSR count). The van der Waals surface area contributed by atoms with Crippen LogP contribution in [0.15, 0.2) is 36.4 Å². The maximum Gasteiger partial charge on any atom is 0.261 e. The molecule has 1 N–H and O–H groups in total. The van der Waals surface area contributed by atoms with Gasteiger partial charge in [-0.05, 0) is 30.9 Å². The van der Waals surface area contributed by atoms with E-state index >= 15 is 0 Å². The highest BCUT2D eigenvalue weighted by molar-refractivity contribution is 6.25. The minimum absolute atomic E-state index is 0.0401. The highest BCUT2D eigenvalue weighted by atomic mass is 16.5. The molecule has 2 aromatic rings. The summed E-state index contributed by atoms with van der Waals surface area (Å²) in [5.74, 6) is -0.633. The Bertz CT molecular complexity index is 917. The summed E-state index contributed by atoms with van der Waals surface area (Å²) in [5, 5.41) is 4.62. The number of amides is 3. The first-order chi connectivity index (χ1) is 14.5. The zero-order valence-corrected chi connectivity index (χ0v) is 17.2. The van der Waals surface area contributed by atoms with Crippen LogP contribution < -0.4 is 5.32 Å². The van der Waals surface area contributed by atoms with E-state index in [1.807, 2.05) is 31.2 Å². The van der Waals surface area contributed by atoms with Crippen LogP contribution in [-0.2, 0) is 9.53 Å². The van der Waals surface area contributed by atoms with Crippen LogP contribution in [0.5, 0.6) is 0 Å². The van der Waals surface area contributed by atoms with Crippen LogP contribution in [0.2, 0.25) is 0 Å². The monoisotopic (exact) mass is 409 g/mol. The molecule has 2 aliphatic rings. The Labute approximate surface area is 176 Å². The number of rotatable bonds is 7. The highest BCUT2D eigenvalue weighted by Gasteiger charge is 2.32. The topological polar surface area (TPSA) is 79.0 Å². The van der Waals surface area contributed by atoms with Crippen molar-refractivity contribution in [2.24, 2.45) is 0 Å². The molecule has 7 heteroatoms. The number of imide groups is 1. The summed E-state index contributed by atoms with van der Waals surface area (Å²) in [6.07, 6.45) is 0.710. The fourth-order valence-corrected chi connectivity index (χ4v) is 4.24. The zero-order valence-electron chi connectivity index (χ0n) is 17.2. The second kappa shape index (κ2) is 8.93. The van der Waals surface area contributed by atoms with Gasteiger partial charge in [0.05, 0.1) is 13.2 Å². The Morgan fingerprint density at radius 3 is 2.33 bits per heavy atom. The lowest BCUT2D eigenvalue weighted by Gasteiger charge is -2.29. The van der Waals surface area contributed by atoms with E-state index in [-0.39, 0.29) is 36.7 Å². The lowest BCUT2D eigenvalue weighted by atomic mass is 9.94. The highest BCUT2D eigenvalue weighted by Crippen LogP contribution is 2.30. The largest absolute Gasteiger partial charge is 0.379 e. The van der Waals surface area contributed by atoms with Crippen LogP contribution in [0.4, 0.5) is 0 Å². The molecule has 0 aromatic heterocycles. The van der Waals surface area contributed by atoms with E-state index in [1.165, 1.54) is 4.90 Å². The van der Waals surface area contributed by atoms with Crippen LogP contribution in [-0.4, -0.2) is 73.0 Å². The van der Waals surface area contributed by atoms with Crippen molar-refractivity contribution >= 4 is 28.5 Å². The molecule has 2 aromatic carbocycles. The average molecular weight is 409 g/mol. The third kappa shape index (κ3) is 4.22. The smallest absolute Gasteiger partial charge is 0.261 e. The number of nitrogens with one attached hydrogen (secondary N) is 1. The molecule has 1 saturated heterocycles. The minimum Gasteiger partial charge on any atom is -0.379 e. The van der Waals surface area contributed by atoms with E-state index < -0.39 is 0 Å². The van der Waals surface area contributed by atoms with Gasteiger partial charge < -0.3 is 10.1 Å². The number of carbonyl (C=O) groups excluding carboxylic acids is 3. The van der Waals surface area contributed by atoms with Crippen LogP contribution >= 0.6 is 0 Å². The predicted octanol–water partition coefficient (Wildman–Crippen LogP) is 2.05. The molecular weight excluding hydrogens is 382 g/mol. The first-order valence-electron chi connectivity index (χ1n) is 10.5. The number of morpholine rings is 1. The van der Waals surface area contributed by atoms with Crippen molar-refractivity contribution < 1.29 is 19.1 Å². The molecule has 1 unspecified atom stereocenters. The van der Waals surface area contributed by atoms with Gasteiger partial charge in [-0.25, -0.2) is 0 Å². The van der Waals surface area contributed by atoms with E-state index in [2.05, 4.69) is 10.2 Å². The van der Waals surface area contributed by atoms with Crippen molar-refractivity contribution in [2.75, 3.05) is 39.4 Å². The summed E-state index contributed by atoms with van der Waals surface area (Å²) in [5.41, 5.74) is 1.09. The minimum atomic E-state index is -0.287. The Morgan fingerprint density at radius 2 is 1.70 bits per heavy atom. The molecule has 158 valence electrons. The molecule has 0 bridgehead atoms. The molecule has 30 heavy (non-hydrogen) atoms. The maximum atomic E-state index is 12.9. The van der Waals surface area contributed by atoms with Crippen LogP contribution in [0, 0.1) is 0 Å². The zero-order chi connectivity index (χ0) is 21.1. The van der Waals surface area contributed by atoms with Crippen molar-refractivity contribution in [3.63, 3.8) is 0 Å². The van der Waals surface area contributed by atoms with E-state index in [0.717, 1.165) is 43.6 Å². The Balaban J connectivity index is 1.31. The molecule has 2 aliphatic heterocycles. The quantitative estimate of drug-likeness (QED) is 0.708. The molecule has 0 aliphatic carbocycles. The molecular formula is C23H27N3O4. The summed E-state index contributed by atoms with van der Waals surface area (Å²) < 4.78 is 5.34. The predicted molar refractivity (Wildman–Crippen MR) is 113 cm³/mol. The summed E-state index contributed by atoms with van der Waals surface area (Å²) in [7, 11) is 0. The Hall–Kier alpha value is -2.77. The number of hydrogen-bond acceptors (Lipinski definition) is 5. The maximum absolute atomic E-state index is 12.9. The SMILES string of the molecule is CC(CN1CCOCC1)NC(=O)CCCN1C(=O)c2cccc3cccc(c23)C1=O. The molecule has 1 atom stereocenters. The van der Waals surface area contributed by atoms with Crippen molar-refractivity contribution in [1.82, 2.24) is 15.1 Å². The van der Waals surface area contributed by atoms with Crippen LogP contribution in [0.3, 0.4) is 0 Å². The van der Waals surface area contributed by atoms with Gasteiger partial charge in [0.15, 0.2) is 0 Å². The van der Waals surface area contributed by atoms with E-state index in [9.17, 15) is 14.4 Å². The van der Waals surface area contributed by atoms with Crippen molar-refractivity contribution in [1.29, 1.82) is 0 Å². The second-order valence-corrected chi connectivity index (χ2v) is 7.96. The fraction of sp³-hybridized carbons (Fsp3) is 0.435. The van der Waals surface area contributed by atoms with Gasteiger partial charge in [0.25, 0.3) is 11.8 Å². The normalized spacial score (nSPS) is 18.0. The Morgan fingerprint density at radius 1 is 1.07 bits per heavy atom. The van der Waals surface area contributed by atoms with Crippen molar-refractivity contribution in [2.45, 2.75) is 25.8 Å². The summed E-state index contributed by atoms with van der Waals surface area (Å²) in [6, 6.07) is 11.0. The first-order valence-corrected chi connectivity index (χ1v) is 10.5. The Kier molecular flexibility index (Phi) is 6.11. The lowest BCUT2D eigenvalue weighted by molar-refractivity contribution is -0.122. The lowest BCUT2D eigenvalue weighted by Crippen LogP contribution is -2.46. The van der Waals surface area contributed by atoms with E-state index in [0.29, 0.717) is 17.5 Å².